The summed E-state index contributed by atoms with van der Waals surface area (Å²) in [7, 11) is 1.45. The Labute approximate surface area is 174 Å². The van der Waals surface area contributed by atoms with Crippen LogP contribution in [0.5, 0.6) is 11.6 Å². The molecule has 8 heteroatoms. The van der Waals surface area contributed by atoms with Crippen molar-refractivity contribution in [2.24, 2.45) is 15.8 Å². The number of hydrogen-bond acceptors (Lipinski definition) is 6. The first-order valence-electron chi connectivity index (χ1n) is 9.95. The highest BCUT2D eigenvalue weighted by atomic mass is 16.5. The zero-order valence-electron chi connectivity index (χ0n) is 17.8. The number of benzene rings is 1. The smallest absolute Gasteiger partial charge is 0.335 e. The molecule has 0 radical (unpaired) electrons. The van der Waals surface area contributed by atoms with Crippen molar-refractivity contribution < 1.29 is 14.9 Å². The Morgan fingerprint density at radius 3 is 2.63 bits per heavy atom. The van der Waals surface area contributed by atoms with Crippen molar-refractivity contribution in [3.8, 4) is 17.3 Å². The van der Waals surface area contributed by atoms with E-state index in [1.807, 2.05) is 0 Å². The van der Waals surface area contributed by atoms with Gasteiger partial charge in [-0.05, 0) is 42.2 Å². The number of H-pyrrole nitrogens is 1. The zero-order valence-corrected chi connectivity index (χ0v) is 17.8. The molecule has 1 aromatic carbocycles. The second-order valence-electron chi connectivity index (χ2n) is 9.19. The van der Waals surface area contributed by atoms with Gasteiger partial charge in [0, 0.05) is 12.8 Å². The fourth-order valence-corrected chi connectivity index (χ4v) is 4.75. The lowest BCUT2D eigenvalue weighted by Crippen LogP contribution is -2.40. The van der Waals surface area contributed by atoms with Crippen molar-refractivity contribution >= 4 is 6.21 Å². The maximum absolute atomic E-state index is 12.4. The molecule has 0 bridgehead atoms. The van der Waals surface area contributed by atoms with E-state index in [9.17, 15) is 19.8 Å². The predicted molar refractivity (Wildman–Crippen MR) is 115 cm³/mol. The van der Waals surface area contributed by atoms with E-state index in [4.69, 9.17) is 4.74 Å². The third kappa shape index (κ3) is 4.48. The second kappa shape index (κ2) is 8.10. The number of methoxy groups -OCH3 is 1. The van der Waals surface area contributed by atoms with Crippen LogP contribution in [0.4, 0.5) is 0 Å². The van der Waals surface area contributed by atoms with Gasteiger partial charge in [0.05, 0.1) is 18.9 Å². The molecule has 162 valence electrons. The molecule has 0 aliphatic heterocycles. The Morgan fingerprint density at radius 2 is 1.97 bits per heavy atom. The van der Waals surface area contributed by atoms with Gasteiger partial charge in [0.1, 0.15) is 11.3 Å². The summed E-state index contributed by atoms with van der Waals surface area (Å²) >= 11 is 0. The van der Waals surface area contributed by atoms with E-state index in [-0.39, 0.29) is 16.4 Å². The highest BCUT2D eigenvalue weighted by Crippen LogP contribution is 2.46. The third-order valence-electron chi connectivity index (χ3n) is 5.56. The van der Waals surface area contributed by atoms with Gasteiger partial charge >= 0.3 is 5.69 Å². The van der Waals surface area contributed by atoms with E-state index in [1.54, 1.807) is 24.3 Å². The van der Waals surface area contributed by atoms with Gasteiger partial charge in [-0.3, -0.25) is 14.8 Å². The topological polar surface area (TPSA) is 117 Å². The van der Waals surface area contributed by atoms with Crippen LogP contribution in [0.3, 0.4) is 0 Å². The summed E-state index contributed by atoms with van der Waals surface area (Å²) < 4.78 is 6.25. The number of nitrogens with one attached hydrogen (secondary N) is 1. The number of aliphatic hydroxyl groups is 1. The van der Waals surface area contributed by atoms with Gasteiger partial charge in [-0.15, -0.1) is 0 Å². The average Bonchev–Trinajstić information content (AvgIpc) is 2.62. The number of aliphatic hydroxyl groups excluding tert-OH is 1. The fraction of sp³-hybridized carbons (Fsp3) is 0.500. The number of aromatic nitrogens is 2. The highest BCUT2D eigenvalue weighted by molar-refractivity contribution is 5.82. The first kappa shape index (κ1) is 21.8. The van der Waals surface area contributed by atoms with Gasteiger partial charge in [-0.25, -0.2) is 9.36 Å². The molecule has 3 N–H and O–H groups in total. The van der Waals surface area contributed by atoms with Crippen LogP contribution in [-0.4, -0.2) is 45.7 Å². The lowest BCUT2D eigenvalue weighted by atomic mass is 9.63. The Hall–Kier alpha value is -2.87. The number of nitrogens with zero attached hydrogens (tertiary/aromatic N) is 2. The minimum atomic E-state index is -0.775. The first-order valence-corrected chi connectivity index (χ1v) is 9.95. The summed E-state index contributed by atoms with van der Waals surface area (Å²) in [6.07, 6.45) is 3.15. The number of ether oxygens (including phenoxy) is 1. The quantitative estimate of drug-likeness (QED) is 0.648. The molecule has 1 heterocycles. The van der Waals surface area contributed by atoms with Gasteiger partial charge in [-0.2, -0.15) is 0 Å². The van der Waals surface area contributed by atoms with E-state index < -0.39 is 23.2 Å². The molecule has 8 nitrogen and oxygen atoms in total. The number of rotatable bonds is 5. The molecular weight excluding hydrogens is 386 g/mol. The van der Waals surface area contributed by atoms with Crippen molar-refractivity contribution in [1.29, 1.82) is 0 Å². The third-order valence-corrected chi connectivity index (χ3v) is 5.56. The first-order chi connectivity index (χ1) is 14.1. The van der Waals surface area contributed by atoms with Gasteiger partial charge < -0.3 is 14.9 Å². The minimum absolute atomic E-state index is 0.00135. The summed E-state index contributed by atoms with van der Waals surface area (Å²) in [5, 5.41) is 20.9. The van der Waals surface area contributed by atoms with Gasteiger partial charge in [0.15, 0.2) is 0 Å². The second-order valence-corrected chi connectivity index (χ2v) is 9.19. The Bertz CT molecular complexity index is 1070. The summed E-state index contributed by atoms with van der Waals surface area (Å²) in [6, 6.07) is 6.68. The number of aromatic amines is 1. The molecule has 1 aromatic heterocycles. The Morgan fingerprint density at radius 1 is 1.27 bits per heavy atom. The maximum atomic E-state index is 12.4. The summed E-state index contributed by atoms with van der Waals surface area (Å²) in [5.74, 6) is -0.137. The minimum Gasteiger partial charge on any atom is -0.495 e. The van der Waals surface area contributed by atoms with Crippen molar-refractivity contribution in [3.05, 3.63) is 50.7 Å². The van der Waals surface area contributed by atoms with Gasteiger partial charge in [0.25, 0.3) is 5.56 Å². The molecule has 1 fully saturated rings. The molecule has 0 unspecified atom stereocenters. The Kier molecular flexibility index (Phi) is 5.90. The highest BCUT2D eigenvalue weighted by Gasteiger charge is 2.40. The van der Waals surface area contributed by atoms with Crippen molar-refractivity contribution in [2.75, 3.05) is 13.7 Å². The number of hydrogen-bond donors (Lipinski definition) is 3. The van der Waals surface area contributed by atoms with E-state index in [0.717, 1.165) is 17.4 Å². The zero-order chi connectivity index (χ0) is 22.1. The maximum Gasteiger partial charge on any atom is 0.335 e. The lowest BCUT2D eigenvalue weighted by molar-refractivity contribution is -0.00472. The molecule has 0 saturated heterocycles. The molecule has 30 heavy (non-hydrogen) atoms. The predicted octanol–water partition coefficient (Wildman–Crippen LogP) is 2.24. The average molecular weight is 415 g/mol. The molecule has 0 amide bonds. The van der Waals surface area contributed by atoms with E-state index in [1.165, 1.54) is 13.3 Å². The number of aromatic hydroxyl groups is 1. The summed E-state index contributed by atoms with van der Waals surface area (Å²) in [5.41, 5.74) is -1.53. The van der Waals surface area contributed by atoms with Crippen LogP contribution in [0, 0.1) is 10.8 Å². The molecule has 3 rings (SSSR count). The largest absolute Gasteiger partial charge is 0.495 e. The summed E-state index contributed by atoms with van der Waals surface area (Å²) in [4.78, 5) is 31.3. The molecule has 1 aliphatic rings. The fourth-order valence-electron chi connectivity index (χ4n) is 4.75. The van der Waals surface area contributed by atoms with Crippen LogP contribution < -0.4 is 16.0 Å². The van der Waals surface area contributed by atoms with Crippen LogP contribution in [0.25, 0.3) is 5.69 Å². The molecular formula is C22H29N3O5. The molecule has 2 atom stereocenters. The Balaban J connectivity index is 1.96. The van der Waals surface area contributed by atoms with E-state index >= 15 is 0 Å². The molecule has 1 aliphatic carbocycles. The van der Waals surface area contributed by atoms with Crippen LogP contribution in [0.15, 0.2) is 38.8 Å². The number of aliphatic imine (C=N–C) groups is 1. The van der Waals surface area contributed by atoms with Crippen LogP contribution in [0.2, 0.25) is 0 Å². The van der Waals surface area contributed by atoms with E-state index in [0.29, 0.717) is 24.4 Å². The van der Waals surface area contributed by atoms with Crippen LogP contribution in [0.1, 0.15) is 45.6 Å². The monoisotopic (exact) mass is 415 g/mol. The van der Waals surface area contributed by atoms with E-state index in [2.05, 4.69) is 30.7 Å². The molecule has 1 saturated carbocycles. The van der Waals surface area contributed by atoms with Crippen molar-refractivity contribution in [1.82, 2.24) is 9.55 Å². The lowest BCUT2D eigenvalue weighted by Gasteiger charge is -2.44. The molecule has 0 spiro atoms. The van der Waals surface area contributed by atoms with Crippen molar-refractivity contribution in [3.63, 3.8) is 0 Å². The van der Waals surface area contributed by atoms with Gasteiger partial charge in [-0.1, -0.05) is 32.9 Å². The SMILES string of the molecule is COc1ccccc1-n1c(O)c(C=NC[C@@]2(C)C[C@H](O)CC(C)(C)C2)c(=O)[nH]c1=O. The van der Waals surface area contributed by atoms with Gasteiger partial charge in [0.2, 0.25) is 5.88 Å². The normalized spacial score (nSPS) is 23.6. The molecule has 2 aromatic rings. The van der Waals surface area contributed by atoms with Crippen LogP contribution >= 0.6 is 0 Å². The van der Waals surface area contributed by atoms with Crippen LogP contribution in [-0.2, 0) is 0 Å². The number of para-hydroxylation sites is 2. The van der Waals surface area contributed by atoms with Crippen molar-refractivity contribution in [2.45, 2.75) is 46.1 Å². The summed E-state index contributed by atoms with van der Waals surface area (Å²) in [6.45, 7) is 6.70. The standard InChI is InChI=1S/C22H29N3O5/c1-21(2)9-14(26)10-22(3,12-21)13-23-11-15-18(27)24-20(29)25(19(15)28)16-7-5-6-8-17(16)30-4/h5-8,11,14,26,28H,9-10,12-13H2,1-4H3,(H,24,27,29)/t14-,22+/m1/s1.